The number of Topliss-reactive ketones (excluding diaryl/α,β-unsaturated/α-hetero) is 1. The highest BCUT2D eigenvalue weighted by Crippen LogP contribution is 2.38. The molecule has 2 rings (SSSR count). The molecule has 0 aliphatic heterocycles. The van der Waals surface area contributed by atoms with Crippen LogP contribution in [0.2, 0.25) is 0 Å². The van der Waals surface area contributed by atoms with Gasteiger partial charge in [-0.25, -0.2) is 0 Å². The van der Waals surface area contributed by atoms with Gasteiger partial charge in [0.2, 0.25) is 0 Å². The average molecular weight is 274 g/mol. The van der Waals surface area contributed by atoms with Gasteiger partial charge in [0.05, 0.1) is 0 Å². The number of nitrogens with zero attached hydrogens (tertiary/aromatic N) is 1. The van der Waals surface area contributed by atoms with Crippen molar-refractivity contribution in [2.45, 2.75) is 52.5 Å². The van der Waals surface area contributed by atoms with Gasteiger partial charge in [0, 0.05) is 30.0 Å². The average Bonchev–Trinajstić information content (AvgIpc) is 2.38. The quantitative estimate of drug-likeness (QED) is 0.672. The first-order valence-corrected chi connectivity index (χ1v) is 7.43. The van der Waals surface area contributed by atoms with Crippen LogP contribution in [0, 0.1) is 5.41 Å². The van der Waals surface area contributed by atoms with E-state index in [1.807, 2.05) is 18.2 Å². The number of rotatable bonds is 3. The molecule has 110 valence electrons. The molecule has 0 spiro atoms. The van der Waals surface area contributed by atoms with Gasteiger partial charge in [-0.2, -0.15) is 0 Å². The molecule has 0 amide bonds. The lowest BCUT2D eigenvalue weighted by molar-refractivity contribution is 0.101. The number of hydrogen-bond donors (Lipinski definition) is 1. The third-order valence-electron chi connectivity index (χ3n) is 4.68. The molecular weight excluding hydrogens is 248 g/mol. The van der Waals surface area contributed by atoms with E-state index in [0.717, 1.165) is 5.69 Å². The Morgan fingerprint density at radius 1 is 1.30 bits per heavy atom. The predicted octanol–water partition coefficient (Wildman–Crippen LogP) is 3.88. The second-order valence-corrected chi connectivity index (χ2v) is 6.83. The minimum atomic E-state index is 0.0301. The third-order valence-corrected chi connectivity index (χ3v) is 4.68. The van der Waals surface area contributed by atoms with Gasteiger partial charge in [-0.3, -0.25) is 4.79 Å². The van der Waals surface area contributed by atoms with Crippen molar-refractivity contribution in [1.29, 1.82) is 0 Å². The zero-order valence-electron chi connectivity index (χ0n) is 13.1. The molecule has 2 N–H and O–H groups in total. The summed E-state index contributed by atoms with van der Waals surface area (Å²) in [4.78, 5) is 13.9. The van der Waals surface area contributed by atoms with E-state index in [1.165, 1.54) is 25.7 Å². The van der Waals surface area contributed by atoms with E-state index < -0.39 is 0 Å². The molecule has 1 saturated carbocycles. The maximum absolute atomic E-state index is 11.6. The van der Waals surface area contributed by atoms with Crippen molar-refractivity contribution in [2.24, 2.45) is 5.41 Å². The van der Waals surface area contributed by atoms with Gasteiger partial charge in [0.15, 0.2) is 5.78 Å². The van der Waals surface area contributed by atoms with Crippen molar-refractivity contribution in [1.82, 2.24) is 0 Å². The summed E-state index contributed by atoms with van der Waals surface area (Å²) in [5, 5.41) is 0. The first-order valence-electron chi connectivity index (χ1n) is 7.43. The van der Waals surface area contributed by atoms with E-state index in [0.29, 0.717) is 22.7 Å². The summed E-state index contributed by atoms with van der Waals surface area (Å²) in [7, 11) is 2.12. The molecule has 0 atom stereocenters. The van der Waals surface area contributed by atoms with E-state index in [4.69, 9.17) is 5.73 Å². The molecule has 3 heteroatoms. The van der Waals surface area contributed by atoms with E-state index in [-0.39, 0.29) is 5.78 Å². The fourth-order valence-corrected chi connectivity index (χ4v) is 3.05. The van der Waals surface area contributed by atoms with Gasteiger partial charge in [-0.1, -0.05) is 13.8 Å². The maximum Gasteiger partial charge on any atom is 0.161 e. The van der Waals surface area contributed by atoms with Crippen LogP contribution < -0.4 is 10.6 Å². The number of benzene rings is 1. The molecule has 1 aliphatic carbocycles. The Balaban J connectivity index is 2.15. The summed E-state index contributed by atoms with van der Waals surface area (Å²) in [5.74, 6) is 0.0301. The Morgan fingerprint density at radius 2 is 1.90 bits per heavy atom. The molecular formula is C17H26N2O. The van der Waals surface area contributed by atoms with E-state index in [9.17, 15) is 4.79 Å². The number of anilines is 2. The third kappa shape index (κ3) is 3.14. The molecule has 3 nitrogen and oxygen atoms in total. The van der Waals surface area contributed by atoms with Crippen LogP contribution in [-0.4, -0.2) is 18.9 Å². The minimum absolute atomic E-state index is 0.0301. The normalized spacial score (nSPS) is 18.8. The summed E-state index contributed by atoms with van der Waals surface area (Å²) >= 11 is 0. The number of ketones is 1. The highest BCUT2D eigenvalue weighted by Gasteiger charge is 2.29. The lowest BCUT2D eigenvalue weighted by Gasteiger charge is -2.39. The Bertz CT molecular complexity index is 498. The standard InChI is InChI=1S/C17H26N2O/c1-12(20)15-11-14(5-6-16(15)18)19(4)13-7-9-17(2,3)10-8-13/h5-6,11,13H,7-10,18H2,1-4H3. The Kier molecular flexibility index (Phi) is 4.07. The molecule has 1 aliphatic rings. The fraction of sp³-hybridized carbons (Fsp3) is 0.588. The molecule has 0 heterocycles. The van der Waals surface area contributed by atoms with Crippen LogP contribution in [0.25, 0.3) is 0 Å². The minimum Gasteiger partial charge on any atom is -0.398 e. The van der Waals surface area contributed by atoms with Gasteiger partial charge >= 0.3 is 0 Å². The second-order valence-electron chi connectivity index (χ2n) is 6.83. The van der Waals surface area contributed by atoms with E-state index in [2.05, 4.69) is 25.8 Å². The maximum atomic E-state index is 11.6. The van der Waals surface area contributed by atoms with Gasteiger partial charge in [-0.15, -0.1) is 0 Å². The Labute approximate surface area is 122 Å². The lowest BCUT2D eigenvalue weighted by Crippen LogP contribution is -2.37. The molecule has 1 aromatic rings. The number of carbonyl (C=O) groups excluding carboxylic acids is 1. The number of nitrogen functional groups attached to an aromatic ring is 1. The zero-order chi connectivity index (χ0) is 14.9. The van der Waals surface area contributed by atoms with Crippen LogP contribution in [0.4, 0.5) is 11.4 Å². The lowest BCUT2D eigenvalue weighted by atomic mass is 9.75. The summed E-state index contributed by atoms with van der Waals surface area (Å²) in [6, 6.07) is 6.35. The number of hydrogen-bond acceptors (Lipinski definition) is 3. The van der Waals surface area contributed by atoms with Gasteiger partial charge in [0.25, 0.3) is 0 Å². The Hall–Kier alpha value is -1.51. The van der Waals surface area contributed by atoms with Crippen molar-refractivity contribution in [3.8, 4) is 0 Å². The monoisotopic (exact) mass is 274 g/mol. The second kappa shape index (κ2) is 5.47. The number of nitrogens with two attached hydrogens (primary N) is 1. The van der Waals surface area contributed by atoms with Crippen LogP contribution in [-0.2, 0) is 0 Å². The van der Waals surface area contributed by atoms with Crippen molar-refractivity contribution >= 4 is 17.2 Å². The van der Waals surface area contributed by atoms with Crippen molar-refractivity contribution in [3.63, 3.8) is 0 Å². The zero-order valence-corrected chi connectivity index (χ0v) is 13.1. The topological polar surface area (TPSA) is 46.3 Å². The van der Waals surface area contributed by atoms with Crippen LogP contribution in [0.3, 0.4) is 0 Å². The molecule has 0 radical (unpaired) electrons. The molecule has 0 saturated heterocycles. The van der Waals surface area contributed by atoms with Crippen LogP contribution >= 0.6 is 0 Å². The van der Waals surface area contributed by atoms with Crippen molar-refractivity contribution in [2.75, 3.05) is 17.7 Å². The van der Waals surface area contributed by atoms with Crippen molar-refractivity contribution in [3.05, 3.63) is 23.8 Å². The summed E-state index contributed by atoms with van der Waals surface area (Å²) in [6.07, 6.45) is 4.94. The van der Waals surface area contributed by atoms with Crippen LogP contribution in [0.15, 0.2) is 18.2 Å². The smallest absolute Gasteiger partial charge is 0.161 e. The van der Waals surface area contributed by atoms with Gasteiger partial charge in [-0.05, 0) is 56.2 Å². The highest BCUT2D eigenvalue weighted by molar-refractivity contribution is 6.00. The van der Waals surface area contributed by atoms with E-state index >= 15 is 0 Å². The number of carbonyl (C=O) groups is 1. The molecule has 0 unspecified atom stereocenters. The predicted molar refractivity (Wildman–Crippen MR) is 85.3 cm³/mol. The molecule has 1 fully saturated rings. The molecule has 20 heavy (non-hydrogen) atoms. The van der Waals surface area contributed by atoms with Gasteiger partial charge in [0.1, 0.15) is 0 Å². The first kappa shape index (κ1) is 14.9. The van der Waals surface area contributed by atoms with Crippen molar-refractivity contribution < 1.29 is 4.79 Å². The highest BCUT2D eigenvalue weighted by atomic mass is 16.1. The Morgan fingerprint density at radius 3 is 2.45 bits per heavy atom. The molecule has 1 aromatic carbocycles. The SMILES string of the molecule is CC(=O)c1cc(N(C)C2CCC(C)(C)CC2)ccc1N. The fourth-order valence-electron chi connectivity index (χ4n) is 3.05. The van der Waals surface area contributed by atoms with E-state index in [1.54, 1.807) is 6.92 Å². The summed E-state index contributed by atoms with van der Waals surface area (Å²) in [6.45, 7) is 6.26. The summed E-state index contributed by atoms with van der Waals surface area (Å²) in [5.41, 5.74) is 8.63. The molecule has 0 bridgehead atoms. The van der Waals surface area contributed by atoms with Crippen LogP contribution in [0.1, 0.15) is 56.8 Å². The van der Waals surface area contributed by atoms with Gasteiger partial charge < -0.3 is 10.6 Å². The first-order chi connectivity index (χ1) is 9.30. The molecule has 0 aromatic heterocycles. The summed E-state index contributed by atoms with van der Waals surface area (Å²) < 4.78 is 0. The van der Waals surface area contributed by atoms with Crippen LogP contribution in [0.5, 0.6) is 0 Å². The largest absolute Gasteiger partial charge is 0.398 e.